The molecule has 0 spiro atoms. The number of hydrogen-bond acceptors (Lipinski definition) is 5. The van der Waals surface area contributed by atoms with Crippen LogP contribution in [0.1, 0.15) is 16.2 Å². The third-order valence-electron chi connectivity index (χ3n) is 2.67. The average molecular weight is 319 g/mol. The normalized spacial score (nSPS) is 10.6. The van der Waals surface area contributed by atoms with Crippen molar-refractivity contribution in [2.75, 3.05) is 5.32 Å². The highest BCUT2D eigenvalue weighted by Gasteiger charge is 2.13. The van der Waals surface area contributed by atoms with Gasteiger partial charge in [0, 0.05) is 16.3 Å². The van der Waals surface area contributed by atoms with Crippen LogP contribution in [0.15, 0.2) is 35.0 Å². The molecular formula is C14H10FN3OS2. The predicted octanol–water partition coefficient (Wildman–Crippen LogP) is 3.97. The highest BCUT2D eigenvalue weighted by Crippen LogP contribution is 2.24. The first-order valence-corrected chi connectivity index (χ1v) is 7.83. The molecule has 3 rings (SSSR count). The van der Waals surface area contributed by atoms with Crippen LogP contribution < -0.4 is 5.32 Å². The second-order valence-electron chi connectivity index (χ2n) is 4.29. The average Bonchev–Trinajstić information content (AvgIpc) is 3.09. The second-order valence-corrected chi connectivity index (χ2v) is 6.01. The minimum atomic E-state index is -0.299. The van der Waals surface area contributed by atoms with Crippen LogP contribution in [-0.4, -0.2) is 15.9 Å². The standard InChI is InChI=1S/C14H10FN3OS2/c1-8-6-21-14(16-8)18-12(19)11-7-20-13(17-11)9-2-4-10(15)5-3-9/h2-7H,1H3,(H,16,18,19). The fourth-order valence-corrected chi connectivity index (χ4v) is 3.17. The zero-order valence-corrected chi connectivity index (χ0v) is 12.6. The molecule has 2 aromatic heterocycles. The van der Waals surface area contributed by atoms with Crippen LogP contribution in [-0.2, 0) is 0 Å². The zero-order chi connectivity index (χ0) is 14.8. The van der Waals surface area contributed by atoms with E-state index in [0.29, 0.717) is 15.8 Å². The van der Waals surface area contributed by atoms with Crippen LogP contribution in [0.5, 0.6) is 0 Å². The molecule has 0 unspecified atom stereocenters. The second kappa shape index (κ2) is 5.71. The summed E-state index contributed by atoms with van der Waals surface area (Å²) in [6.45, 7) is 1.86. The minimum absolute atomic E-state index is 0.297. The largest absolute Gasteiger partial charge is 0.296 e. The van der Waals surface area contributed by atoms with Crippen molar-refractivity contribution in [1.82, 2.24) is 9.97 Å². The summed E-state index contributed by atoms with van der Waals surface area (Å²) in [5, 5.41) is 7.47. The van der Waals surface area contributed by atoms with Gasteiger partial charge < -0.3 is 0 Å². The third kappa shape index (κ3) is 3.14. The van der Waals surface area contributed by atoms with E-state index in [9.17, 15) is 9.18 Å². The van der Waals surface area contributed by atoms with Gasteiger partial charge in [0.05, 0.1) is 5.69 Å². The number of carbonyl (C=O) groups excluding carboxylic acids is 1. The molecule has 1 amide bonds. The van der Waals surface area contributed by atoms with Crippen molar-refractivity contribution >= 4 is 33.7 Å². The predicted molar refractivity (Wildman–Crippen MR) is 82.3 cm³/mol. The molecule has 0 aliphatic rings. The summed E-state index contributed by atoms with van der Waals surface area (Å²) in [4.78, 5) is 20.5. The molecule has 106 valence electrons. The Labute approximate surface area is 128 Å². The van der Waals surface area contributed by atoms with Crippen molar-refractivity contribution in [2.45, 2.75) is 6.92 Å². The highest BCUT2D eigenvalue weighted by atomic mass is 32.1. The number of rotatable bonds is 3. The summed E-state index contributed by atoms with van der Waals surface area (Å²) in [6.07, 6.45) is 0. The quantitative estimate of drug-likeness (QED) is 0.795. The monoisotopic (exact) mass is 319 g/mol. The highest BCUT2D eigenvalue weighted by molar-refractivity contribution is 7.14. The van der Waals surface area contributed by atoms with Crippen LogP contribution in [0.3, 0.4) is 0 Å². The molecule has 0 fully saturated rings. The lowest BCUT2D eigenvalue weighted by Crippen LogP contribution is -2.12. The maximum Gasteiger partial charge on any atom is 0.276 e. The summed E-state index contributed by atoms with van der Waals surface area (Å²) in [6, 6.07) is 6.02. The molecule has 1 aromatic carbocycles. The molecule has 2 heterocycles. The SMILES string of the molecule is Cc1csc(NC(=O)c2csc(-c3ccc(F)cc3)n2)n1. The van der Waals surface area contributed by atoms with E-state index in [2.05, 4.69) is 15.3 Å². The van der Waals surface area contributed by atoms with Crippen LogP contribution in [0.4, 0.5) is 9.52 Å². The van der Waals surface area contributed by atoms with E-state index in [1.807, 2.05) is 12.3 Å². The molecule has 1 N–H and O–H groups in total. The lowest BCUT2D eigenvalue weighted by molar-refractivity contribution is 0.102. The summed E-state index contributed by atoms with van der Waals surface area (Å²) in [5.41, 5.74) is 1.97. The zero-order valence-electron chi connectivity index (χ0n) is 11.0. The first-order chi connectivity index (χ1) is 10.1. The topological polar surface area (TPSA) is 54.9 Å². The van der Waals surface area contributed by atoms with Gasteiger partial charge in [0.2, 0.25) is 0 Å². The van der Waals surface area contributed by atoms with E-state index in [1.165, 1.54) is 34.8 Å². The molecule has 3 aromatic rings. The van der Waals surface area contributed by atoms with Crippen LogP contribution >= 0.6 is 22.7 Å². The number of hydrogen-bond donors (Lipinski definition) is 1. The number of benzene rings is 1. The van der Waals surface area contributed by atoms with Gasteiger partial charge in [-0.05, 0) is 31.2 Å². The number of nitrogens with one attached hydrogen (secondary N) is 1. The first kappa shape index (κ1) is 13.8. The van der Waals surface area contributed by atoms with E-state index >= 15 is 0 Å². The summed E-state index contributed by atoms with van der Waals surface area (Å²) in [5.74, 6) is -0.596. The molecule has 0 aliphatic heterocycles. The lowest BCUT2D eigenvalue weighted by atomic mass is 10.2. The van der Waals surface area contributed by atoms with E-state index < -0.39 is 0 Å². The lowest BCUT2D eigenvalue weighted by Gasteiger charge is -1.98. The van der Waals surface area contributed by atoms with Crippen molar-refractivity contribution in [3.63, 3.8) is 0 Å². The van der Waals surface area contributed by atoms with Crippen molar-refractivity contribution < 1.29 is 9.18 Å². The fourth-order valence-electron chi connectivity index (χ4n) is 1.68. The molecule has 7 heteroatoms. The number of anilines is 1. The molecule has 0 saturated heterocycles. The Morgan fingerprint density at radius 2 is 1.90 bits per heavy atom. The smallest absolute Gasteiger partial charge is 0.276 e. The maximum atomic E-state index is 12.9. The number of carbonyl (C=O) groups is 1. The molecule has 21 heavy (non-hydrogen) atoms. The fraction of sp³-hybridized carbons (Fsp3) is 0.0714. The van der Waals surface area contributed by atoms with Gasteiger partial charge in [0.1, 0.15) is 16.5 Å². The number of halogens is 1. The molecule has 4 nitrogen and oxygen atoms in total. The van der Waals surface area contributed by atoms with Gasteiger partial charge >= 0.3 is 0 Å². The Kier molecular flexibility index (Phi) is 3.76. The Balaban J connectivity index is 1.78. The van der Waals surface area contributed by atoms with E-state index in [4.69, 9.17) is 0 Å². The summed E-state index contributed by atoms with van der Waals surface area (Å²) in [7, 11) is 0. The molecule has 0 saturated carbocycles. The third-order valence-corrected chi connectivity index (χ3v) is 4.43. The molecular weight excluding hydrogens is 309 g/mol. The first-order valence-electron chi connectivity index (χ1n) is 6.07. The Bertz CT molecular complexity index is 780. The maximum absolute atomic E-state index is 12.9. The van der Waals surface area contributed by atoms with E-state index in [1.54, 1.807) is 17.5 Å². The van der Waals surface area contributed by atoms with Gasteiger partial charge in [-0.3, -0.25) is 10.1 Å². The number of aryl methyl sites for hydroxylation is 1. The number of aromatic nitrogens is 2. The number of thiazole rings is 2. The Hall–Kier alpha value is -2.12. The summed E-state index contributed by atoms with van der Waals surface area (Å²) >= 11 is 2.71. The van der Waals surface area contributed by atoms with Crippen LogP contribution in [0.25, 0.3) is 10.6 Å². The van der Waals surface area contributed by atoms with Gasteiger partial charge in [-0.15, -0.1) is 22.7 Å². The Morgan fingerprint density at radius 3 is 2.57 bits per heavy atom. The molecule has 0 radical (unpaired) electrons. The molecule has 0 atom stereocenters. The van der Waals surface area contributed by atoms with Crippen LogP contribution in [0.2, 0.25) is 0 Å². The number of amides is 1. The van der Waals surface area contributed by atoms with Crippen molar-refractivity contribution in [1.29, 1.82) is 0 Å². The van der Waals surface area contributed by atoms with Gasteiger partial charge in [-0.25, -0.2) is 14.4 Å². The van der Waals surface area contributed by atoms with Gasteiger partial charge in [-0.1, -0.05) is 0 Å². The van der Waals surface area contributed by atoms with Gasteiger partial charge in [0.25, 0.3) is 5.91 Å². The summed E-state index contributed by atoms with van der Waals surface area (Å²) < 4.78 is 12.9. The Morgan fingerprint density at radius 1 is 1.14 bits per heavy atom. The minimum Gasteiger partial charge on any atom is -0.296 e. The molecule has 0 aliphatic carbocycles. The molecule has 0 bridgehead atoms. The van der Waals surface area contributed by atoms with E-state index in [-0.39, 0.29) is 11.7 Å². The van der Waals surface area contributed by atoms with Gasteiger partial charge in [0.15, 0.2) is 5.13 Å². The van der Waals surface area contributed by atoms with Crippen LogP contribution in [0, 0.1) is 12.7 Å². The number of nitrogens with zero attached hydrogens (tertiary/aromatic N) is 2. The van der Waals surface area contributed by atoms with Gasteiger partial charge in [-0.2, -0.15) is 0 Å². The van der Waals surface area contributed by atoms with Crippen molar-refractivity contribution in [3.05, 3.63) is 52.2 Å². The van der Waals surface area contributed by atoms with Crippen molar-refractivity contribution in [3.8, 4) is 10.6 Å². The van der Waals surface area contributed by atoms with Crippen molar-refractivity contribution in [2.24, 2.45) is 0 Å². The van der Waals surface area contributed by atoms with E-state index in [0.717, 1.165) is 11.3 Å².